The molecule has 1 aliphatic heterocycles. The number of hydrogen-bond acceptors (Lipinski definition) is 3. The van der Waals surface area contributed by atoms with Gasteiger partial charge < -0.3 is 14.7 Å². The Hall–Kier alpha value is -3.03. The zero-order chi connectivity index (χ0) is 21.3. The number of halogens is 3. The number of carboxylic acid groups (broad SMARTS) is 1. The number of benzene rings is 1. The number of amides is 1. The van der Waals surface area contributed by atoms with E-state index in [1.54, 1.807) is 0 Å². The minimum Gasteiger partial charge on any atom is -0.465 e. The third kappa shape index (κ3) is 4.93. The largest absolute Gasteiger partial charge is 0.465 e. The van der Waals surface area contributed by atoms with Crippen molar-refractivity contribution in [1.82, 2.24) is 9.88 Å². The van der Waals surface area contributed by atoms with E-state index in [4.69, 9.17) is 9.84 Å². The summed E-state index contributed by atoms with van der Waals surface area (Å²) in [6.07, 6.45) is 1.04. The van der Waals surface area contributed by atoms with Gasteiger partial charge in [0.15, 0.2) is 0 Å². The molecule has 0 spiro atoms. The smallest absolute Gasteiger partial charge is 0.417 e. The van der Waals surface area contributed by atoms with Crippen molar-refractivity contribution in [2.75, 3.05) is 13.1 Å². The molecular weight excluding hydrogens is 397 g/mol. The minimum absolute atomic E-state index is 0.101. The lowest BCUT2D eigenvalue weighted by atomic mass is 9.99. The number of pyridine rings is 1. The van der Waals surface area contributed by atoms with Crippen LogP contribution in [0.2, 0.25) is 0 Å². The fraction of sp³-hybridized carbons (Fsp3) is 0.364. The van der Waals surface area contributed by atoms with Gasteiger partial charge in [-0.1, -0.05) is 17.7 Å². The van der Waals surface area contributed by atoms with Crippen LogP contribution in [0.4, 0.5) is 18.0 Å². The Morgan fingerprint density at radius 3 is 2.47 bits per heavy atom. The summed E-state index contributed by atoms with van der Waals surface area (Å²) in [7, 11) is 0. The number of piperidine rings is 1. The maximum atomic E-state index is 12.7. The van der Waals surface area contributed by atoms with Gasteiger partial charge in [0.05, 0.1) is 5.56 Å². The van der Waals surface area contributed by atoms with Gasteiger partial charge in [0, 0.05) is 25.4 Å². The molecule has 2 fully saturated rings. The molecule has 0 bridgehead atoms. The zero-order valence-electron chi connectivity index (χ0n) is 16.2. The van der Waals surface area contributed by atoms with E-state index < -0.39 is 17.8 Å². The molecule has 8 heteroatoms. The van der Waals surface area contributed by atoms with Crippen LogP contribution in [0.5, 0.6) is 11.6 Å². The summed E-state index contributed by atoms with van der Waals surface area (Å²) < 4.78 is 43.9. The standard InChI is InChI=1S/C22H21F3N2O3/c23-22(24,25)18-3-4-20(26-13-18)30-19-11-15(10-17(12-19)16-1-2-16)9-14-5-7-27(8-6-14)21(28)29/h3-4,9-13,16H,1-2,5-8H2,(H,28,29). The van der Waals surface area contributed by atoms with Crippen molar-refractivity contribution < 1.29 is 27.8 Å². The lowest BCUT2D eigenvalue weighted by Gasteiger charge is -2.25. The number of hydrogen-bond donors (Lipinski definition) is 1. The van der Waals surface area contributed by atoms with Gasteiger partial charge in [-0.2, -0.15) is 13.2 Å². The quantitative estimate of drug-likeness (QED) is 0.669. The van der Waals surface area contributed by atoms with Crippen LogP contribution >= 0.6 is 0 Å². The van der Waals surface area contributed by atoms with Crippen molar-refractivity contribution in [3.63, 3.8) is 0 Å². The molecule has 0 atom stereocenters. The molecule has 1 saturated heterocycles. The van der Waals surface area contributed by atoms with Crippen LogP contribution in [0.15, 0.2) is 42.1 Å². The summed E-state index contributed by atoms with van der Waals surface area (Å²) in [6, 6.07) is 8.01. The molecule has 0 radical (unpaired) electrons. The van der Waals surface area contributed by atoms with Crippen molar-refractivity contribution in [3.05, 3.63) is 58.8 Å². The zero-order valence-corrected chi connectivity index (χ0v) is 16.2. The molecule has 1 N–H and O–H groups in total. The number of aromatic nitrogens is 1. The third-order valence-electron chi connectivity index (χ3n) is 5.33. The predicted molar refractivity (Wildman–Crippen MR) is 105 cm³/mol. The van der Waals surface area contributed by atoms with Crippen LogP contribution in [-0.2, 0) is 6.18 Å². The first-order valence-corrected chi connectivity index (χ1v) is 9.81. The molecule has 1 saturated carbocycles. The molecule has 1 aromatic heterocycles. The molecule has 4 rings (SSSR count). The molecule has 2 heterocycles. The highest BCUT2D eigenvalue weighted by atomic mass is 19.4. The van der Waals surface area contributed by atoms with Crippen molar-refractivity contribution in [1.29, 1.82) is 0 Å². The monoisotopic (exact) mass is 418 g/mol. The number of likely N-dealkylation sites (tertiary alicyclic amines) is 1. The number of rotatable bonds is 4. The summed E-state index contributed by atoms with van der Waals surface area (Å²) in [5.41, 5.74) is 2.42. The summed E-state index contributed by atoms with van der Waals surface area (Å²) in [5.74, 6) is 1.10. The second-order valence-electron chi connectivity index (χ2n) is 7.67. The van der Waals surface area contributed by atoms with Gasteiger partial charge in [-0.3, -0.25) is 0 Å². The van der Waals surface area contributed by atoms with Crippen molar-refractivity contribution in [2.24, 2.45) is 0 Å². The first-order chi connectivity index (χ1) is 14.3. The Labute approximate surface area is 171 Å². The number of nitrogens with zero attached hydrogens (tertiary/aromatic N) is 2. The first-order valence-electron chi connectivity index (χ1n) is 9.81. The van der Waals surface area contributed by atoms with E-state index in [-0.39, 0.29) is 5.88 Å². The number of ether oxygens (including phenoxy) is 1. The SMILES string of the molecule is O=C(O)N1CCC(=Cc2cc(Oc3ccc(C(F)(F)F)cn3)cc(C3CC3)c2)CC1. The molecule has 1 aromatic carbocycles. The van der Waals surface area contributed by atoms with Gasteiger partial charge in [0.1, 0.15) is 5.75 Å². The Morgan fingerprint density at radius 2 is 1.90 bits per heavy atom. The summed E-state index contributed by atoms with van der Waals surface area (Å²) >= 11 is 0. The van der Waals surface area contributed by atoms with E-state index in [1.165, 1.54) is 16.5 Å². The van der Waals surface area contributed by atoms with Gasteiger partial charge in [-0.05, 0) is 60.9 Å². The molecule has 0 unspecified atom stereocenters. The molecule has 5 nitrogen and oxygen atoms in total. The minimum atomic E-state index is -4.44. The van der Waals surface area contributed by atoms with Gasteiger partial charge >= 0.3 is 12.3 Å². The molecule has 1 aliphatic carbocycles. The van der Waals surface area contributed by atoms with Crippen LogP contribution in [-0.4, -0.2) is 34.2 Å². The Balaban J connectivity index is 1.53. The van der Waals surface area contributed by atoms with Gasteiger partial charge in [0.2, 0.25) is 5.88 Å². The van der Waals surface area contributed by atoms with Crippen molar-refractivity contribution >= 4 is 12.2 Å². The predicted octanol–water partition coefficient (Wildman–Crippen LogP) is 5.93. The Morgan fingerprint density at radius 1 is 1.17 bits per heavy atom. The van der Waals surface area contributed by atoms with E-state index in [0.29, 0.717) is 37.6 Å². The normalized spacial score (nSPS) is 17.0. The molecular formula is C22H21F3N2O3. The highest BCUT2D eigenvalue weighted by Crippen LogP contribution is 2.42. The van der Waals surface area contributed by atoms with E-state index in [9.17, 15) is 18.0 Å². The van der Waals surface area contributed by atoms with Gasteiger partial charge in [-0.15, -0.1) is 0 Å². The van der Waals surface area contributed by atoms with E-state index in [0.717, 1.165) is 36.2 Å². The number of carbonyl (C=O) groups is 1. The molecule has 2 aliphatic rings. The van der Waals surface area contributed by atoms with E-state index in [2.05, 4.69) is 17.1 Å². The van der Waals surface area contributed by atoms with Crippen LogP contribution in [0.1, 0.15) is 48.3 Å². The summed E-state index contributed by atoms with van der Waals surface area (Å²) in [4.78, 5) is 16.2. The van der Waals surface area contributed by atoms with Gasteiger partial charge in [-0.25, -0.2) is 9.78 Å². The summed E-state index contributed by atoms with van der Waals surface area (Å²) in [6.45, 7) is 0.949. The fourth-order valence-electron chi connectivity index (χ4n) is 3.53. The van der Waals surface area contributed by atoms with E-state index >= 15 is 0 Å². The molecule has 2 aromatic rings. The lowest BCUT2D eigenvalue weighted by molar-refractivity contribution is -0.137. The van der Waals surface area contributed by atoms with Crippen LogP contribution in [0.25, 0.3) is 6.08 Å². The third-order valence-corrected chi connectivity index (χ3v) is 5.33. The van der Waals surface area contributed by atoms with Gasteiger partial charge in [0.25, 0.3) is 0 Å². The molecule has 1 amide bonds. The first kappa shape index (κ1) is 20.3. The number of alkyl halides is 3. The maximum absolute atomic E-state index is 12.7. The molecule has 158 valence electrons. The highest BCUT2D eigenvalue weighted by molar-refractivity contribution is 5.66. The summed E-state index contributed by atoms with van der Waals surface area (Å²) in [5, 5.41) is 9.08. The second kappa shape index (κ2) is 8.01. The fourth-order valence-corrected chi connectivity index (χ4v) is 3.53. The topological polar surface area (TPSA) is 62.7 Å². The highest BCUT2D eigenvalue weighted by Gasteiger charge is 2.31. The Kier molecular flexibility index (Phi) is 5.40. The molecule has 30 heavy (non-hydrogen) atoms. The second-order valence-corrected chi connectivity index (χ2v) is 7.67. The Bertz CT molecular complexity index is 957. The maximum Gasteiger partial charge on any atom is 0.417 e. The van der Waals surface area contributed by atoms with E-state index in [1.807, 2.05) is 12.1 Å². The lowest BCUT2D eigenvalue weighted by Crippen LogP contribution is -2.35. The average molecular weight is 418 g/mol. The van der Waals surface area contributed by atoms with Crippen LogP contribution in [0, 0.1) is 0 Å². The van der Waals surface area contributed by atoms with Crippen LogP contribution in [0.3, 0.4) is 0 Å². The van der Waals surface area contributed by atoms with Crippen LogP contribution < -0.4 is 4.74 Å². The van der Waals surface area contributed by atoms with Crippen molar-refractivity contribution in [3.8, 4) is 11.6 Å². The van der Waals surface area contributed by atoms with Crippen molar-refractivity contribution in [2.45, 2.75) is 37.8 Å². The average Bonchev–Trinajstić information content (AvgIpc) is 3.53.